The molecule has 12 rings (SSSR count). The highest BCUT2D eigenvalue weighted by molar-refractivity contribution is 7.19. The number of hydrogen-bond acceptors (Lipinski definition) is 3. The van der Waals surface area contributed by atoms with Crippen LogP contribution in [0.5, 0.6) is 0 Å². The second kappa shape index (κ2) is 15.6. The quantitative estimate of drug-likeness (QED) is 0.124. The van der Waals surface area contributed by atoms with E-state index in [1.165, 1.54) is 42.6 Å². The van der Waals surface area contributed by atoms with Gasteiger partial charge in [-0.15, -0.1) is 0 Å². The smallest absolute Gasteiger partial charge is 0.179 e. The van der Waals surface area contributed by atoms with Crippen molar-refractivity contribution in [3.05, 3.63) is 230 Å². The minimum absolute atomic E-state index is 0.0175. The van der Waals surface area contributed by atoms with Crippen molar-refractivity contribution in [2.24, 2.45) is 0 Å². The molecule has 0 aliphatic rings. The number of nitrogens with zero attached hydrogens (tertiary/aromatic N) is 4. The number of aromatic nitrogens is 4. The monoisotopic (exact) mass is 862 g/mol. The van der Waals surface area contributed by atoms with Gasteiger partial charge >= 0.3 is 0 Å². The van der Waals surface area contributed by atoms with Crippen LogP contribution >= 0.6 is 0 Å². The SMILES string of the molecule is CC(C)(C)c1ccc2c(c1)c1cc3cc(c4ccccc4c4nc(-c5ccc([Si](c6ccccc6)(c6ccccc6)c6ccccc6)cc5)nc(n4)c4ccccc34)c1n2-c1ccccc1. The molecular weight excluding hydrogens is 817 g/mol. The minimum Gasteiger partial charge on any atom is -0.309 e. The average Bonchev–Trinajstić information content (AvgIpc) is 3.71. The standard InChI is InChI=1S/C61H46N4Si/c1-61(2,3)43-34-37-56-53(40-43)55-39-42-38-54(57(55)65(56)44-20-8-4-9-21-44)50-29-17-19-31-52(50)60-63-58(62-59(64-60)51-30-18-16-28-49(42)51)41-32-35-48(36-33-41)66(45-22-10-5-11-23-45,46-24-12-6-13-25-46)47-26-14-7-15-27-47/h4-40H,1-3H3. The Labute approximate surface area is 385 Å². The Morgan fingerprint density at radius 3 is 1.38 bits per heavy atom. The highest BCUT2D eigenvalue weighted by atomic mass is 28.3. The number of hydrogen-bond donors (Lipinski definition) is 0. The fourth-order valence-electron chi connectivity index (χ4n) is 10.3. The van der Waals surface area contributed by atoms with E-state index in [0.717, 1.165) is 49.1 Å². The summed E-state index contributed by atoms with van der Waals surface area (Å²) in [6.07, 6.45) is 0. The van der Waals surface area contributed by atoms with Crippen LogP contribution in [-0.2, 0) is 5.41 Å². The van der Waals surface area contributed by atoms with Crippen LogP contribution in [0.15, 0.2) is 224 Å². The Morgan fingerprint density at radius 1 is 0.379 bits per heavy atom. The summed E-state index contributed by atoms with van der Waals surface area (Å²) in [4.78, 5) is 16.1. The van der Waals surface area contributed by atoms with Crippen molar-refractivity contribution in [3.63, 3.8) is 0 Å². The lowest BCUT2D eigenvalue weighted by atomic mass is 9.86. The molecule has 3 aromatic heterocycles. The summed E-state index contributed by atoms with van der Waals surface area (Å²) in [5.41, 5.74) is 6.96. The van der Waals surface area contributed by atoms with Gasteiger partial charge in [0, 0.05) is 38.2 Å². The Bertz CT molecular complexity index is 3730. The van der Waals surface area contributed by atoms with E-state index in [2.05, 4.69) is 250 Å². The summed E-state index contributed by atoms with van der Waals surface area (Å²) in [7, 11) is -2.73. The van der Waals surface area contributed by atoms with Crippen LogP contribution in [0.1, 0.15) is 26.3 Å². The van der Waals surface area contributed by atoms with Crippen molar-refractivity contribution < 1.29 is 0 Å². The molecule has 12 aromatic rings. The number of fused-ring (bicyclic) bond motifs is 14. The Kier molecular flexibility index (Phi) is 9.37. The van der Waals surface area contributed by atoms with E-state index in [0.29, 0.717) is 17.1 Å². The number of para-hydroxylation sites is 1. The van der Waals surface area contributed by atoms with Gasteiger partial charge in [-0.1, -0.05) is 209 Å². The van der Waals surface area contributed by atoms with Crippen LogP contribution in [0.2, 0.25) is 0 Å². The molecule has 0 aliphatic carbocycles. The Hall–Kier alpha value is -7.99. The van der Waals surface area contributed by atoms with Gasteiger partial charge in [0.15, 0.2) is 25.2 Å². The predicted molar refractivity (Wildman–Crippen MR) is 281 cm³/mol. The maximum Gasteiger partial charge on any atom is 0.179 e. The van der Waals surface area contributed by atoms with Crippen LogP contribution in [-0.4, -0.2) is 27.6 Å². The molecule has 66 heavy (non-hydrogen) atoms. The molecule has 314 valence electrons. The zero-order valence-electron chi connectivity index (χ0n) is 37.2. The van der Waals surface area contributed by atoms with Gasteiger partial charge in [0.05, 0.1) is 11.0 Å². The van der Waals surface area contributed by atoms with Gasteiger partial charge in [0.1, 0.15) is 0 Å². The lowest BCUT2D eigenvalue weighted by Crippen LogP contribution is -2.74. The molecule has 0 unspecified atom stereocenters. The first-order valence-corrected chi connectivity index (χ1v) is 24.8. The van der Waals surface area contributed by atoms with Gasteiger partial charge in [-0.2, -0.15) is 0 Å². The highest BCUT2D eigenvalue weighted by Crippen LogP contribution is 2.41. The summed E-state index contributed by atoms with van der Waals surface area (Å²) in [5.74, 6) is 0.639. The van der Waals surface area contributed by atoms with E-state index < -0.39 is 8.07 Å². The molecule has 0 aliphatic heterocycles. The summed E-state index contributed by atoms with van der Waals surface area (Å²) >= 11 is 0. The molecule has 4 bridgehead atoms. The van der Waals surface area contributed by atoms with Crippen molar-refractivity contribution in [1.82, 2.24) is 19.5 Å². The molecule has 4 nitrogen and oxygen atoms in total. The van der Waals surface area contributed by atoms with Gasteiger partial charge in [0.25, 0.3) is 0 Å². The fraction of sp³-hybridized carbons (Fsp3) is 0.0656. The van der Waals surface area contributed by atoms with E-state index in [1.807, 2.05) is 0 Å². The van der Waals surface area contributed by atoms with Crippen LogP contribution in [0.3, 0.4) is 0 Å². The van der Waals surface area contributed by atoms with Crippen LogP contribution in [0, 0.1) is 0 Å². The van der Waals surface area contributed by atoms with Crippen LogP contribution < -0.4 is 20.7 Å². The van der Waals surface area contributed by atoms with Crippen molar-refractivity contribution in [3.8, 4) is 17.1 Å². The Morgan fingerprint density at radius 2 is 0.833 bits per heavy atom. The third-order valence-electron chi connectivity index (χ3n) is 13.5. The topological polar surface area (TPSA) is 43.6 Å². The highest BCUT2D eigenvalue weighted by Gasteiger charge is 2.41. The summed E-state index contributed by atoms with van der Waals surface area (Å²) in [5, 5.41) is 14.1. The third kappa shape index (κ3) is 6.38. The maximum absolute atomic E-state index is 5.39. The van der Waals surface area contributed by atoms with Crippen molar-refractivity contribution >= 4 is 94.2 Å². The van der Waals surface area contributed by atoms with Crippen molar-refractivity contribution in [2.45, 2.75) is 26.2 Å². The zero-order valence-corrected chi connectivity index (χ0v) is 38.2. The molecule has 0 atom stereocenters. The lowest BCUT2D eigenvalue weighted by Gasteiger charge is -2.34. The van der Waals surface area contributed by atoms with Crippen LogP contribution in [0.25, 0.3) is 82.5 Å². The number of benzene rings is 9. The second-order valence-corrected chi connectivity index (χ2v) is 22.2. The van der Waals surface area contributed by atoms with Gasteiger partial charge in [-0.3, -0.25) is 0 Å². The van der Waals surface area contributed by atoms with E-state index in [-0.39, 0.29) is 5.41 Å². The van der Waals surface area contributed by atoms with Crippen LogP contribution in [0.4, 0.5) is 0 Å². The van der Waals surface area contributed by atoms with Crippen molar-refractivity contribution in [2.75, 3.05) is 0 Å². The molecular formula is C61H46N4Si. The minimum atomic E-state index is -2.73. The lowest BCUT2D eigenvalue weighted by molar-refractivity contribution is 0.591. The molecule has 5 heteroatoms. The summed E-state index contributed by atoms with van der Waals surface area (Å²) in [6, 6.07) is 81.9. The second-order valence-electron chi connectivity index (χ2n) is 18.4. The molecule has 0 radical (unpaired) electrons. The Balaban J connectivity index is 1.16. The maximum atomic E-state index is 5.39. The molecule has 0 saturated heterocycles. The summed E-state index contributed by atoms with van der Waals surface area (Å²) < 4.78 is 2.44. The molecule has 9 aromatic carbocycles. The van der Waals surface area contributed by atoms with Gasteiger partial charge in [0.2, 0.25) is 0 Å². The largest absolute Gasteiger partial charge is 0.309 e. The van der Waals surface area contributed by atoms with E-state index in [1.54, 1.807) is 0 Å². The molecule has 0 amide bonds. The first-order valence-electron chi connectivity index (χ1n) is 22.8. The van der Waals surface area contributed by atoms with E-state index in [9.17, 15) is 0 Å². The average molecular weight is 863 g/mol. The number of rotatable bonds is 6. The van der Waals surface area contributed by atoms with Gasteiger partial charge in [-0.05, 0) is 84.3 Å². The first-order chi connectivity index (χ1) is 32.4. The predicted octanol–water partition coefficient (Wildman–Crippen LogP) is 12.5. The van der Waals surface area contributed by atoms with Gasteiger partial charge < -0.3 is 4.57 Å². The first kappa shape index (κ1) is 39.6. The molecule has 0 spiro atoms. The third-order valence-corrected chi connectivity index (χ3v) is 18.3. The fourth-order valence-corrected chi connectivity index (χ4v) is 15.1. The molecule has 0 N–H and O–H groups in total. The van der Waals surface area contributed by atoms with Gasteiger partial charge in [-0.25, -0.2) is 15.0 Å². The zero-order chi connectivity index (χ0) is 44.4. The van der Waals surface area contributed by atoms with Crippen molar-refractivity contribution in [1.29, 1.82) is 0 Å². The summed E-state index contributed by atoms with van der Waals surface area (Å²) in [6.45, 7) is 6.87. The molecule has 0 saturated carbocycles. The van der Waals surface area contributed by atoms with E-state index in [4.69, 9.17) is 15.0 Å². The van der Waals surface area contributed by atoms with E-state index >= 15 is 0 Å². The molecule has 3 heterocycles. The normalized spacial score (nSPS) is 12.2. The molecule has 0 fully saturated rings.